The van der Waals surface area contributed by atoms with Crippen LogP contribution in [0.4, 0.5) is 8.78 Å². The molecule has 28 heavy (non-hydrogen) atoms. The van der Waals surface area contributed by atoms with E-state index in [0.29, 0.717) is 41.5 Å². The Bertz CT molecular complexity index is 1010. The summed E-state index contributed by atoms with van der Waals surface area (Å²) in [5.41, 5.74) is 1.58. The van der Waals surface area contributed by atoms with Crippen LogP contribution in [0.3, 0.4) is 0 Å². The topological polar surface area (TPSA) is 32.0 Å². The Hall–Kier alpha value is -1.22. The van der Waals surface area contributed by atoms with Crippen LogP contribution in [0.1, 0.15) is 6.92 Å². The maximum absolute atomic E-state index is 14.5. The minimum absolute atomic E-state index is 0.0748. The summed E-state index contributed by atoms with van der Waals surface area (Å²) < 4.78 is 37.7. The zero-order valence-corrected chi connectivity index (χ0v) is 19.7. The SMILES string of the molecule is CCn1cc(-c2cn(COCC[Si](C)(C)C)nc2Cl)c2cc(Br)c(F)c(F)c21. The molecule has 0 aliphatic rings. The minimum atomic E-state index is -1.16. The number of benzene rings is 1. The fourth-order valence-electron chi connectivity index (χ4n) is 3.01. The van der Waals surface area contributed by atoms with Crippen LogP contribution in [-0.4, -0.2) is 29.0 Å². The summed E-state index contributed by atoms with van der Waals surface area (Å²) in [4.78, 5) is 0. The first-order valence-corrected chi connectivity index (χ1v) is 14.0. The maximum atomic E-state index is 14.5. The highest BCUT2D eigenvalue weighted by molar-refractivity contribution is 9.10. The Kier molecular flexibility index (Phi) is 6.34. The smallest absolute Gasteiger partial charge is 0.184 e. The molecule has 0 saturated heterocycles. The van der Waals surface area contributed by atoms with Crippen molar-refractivity contribution in [3.63, 3.8) is 0 Å². The molecule has 0 fully saturated rings. The van der Waals surface area contributed by atoms with Crippen molar-refractivity contribution in [3.05, 3.63) is 39.7 Å². The average molecular weight is 491 g/mol. The molecule has 152 valence electrons. The normalized spacial score (nSPS) is 12.3. The molecule has 0 N–H and O–H groups in total. The number of aromatic nitrogens is 3. The zero-order chi connectivity index (χ0) is 20.6. The van der Waals surface area contributed by atoms with Gasteiger partial charge in [-0.2, -0.15) is 5.10 Å². The highest BCUT2D eigenvalue weighted by atomic mass is 79.9. The van der Waals surface area contributed by atoms with Crippen molar-refractivity contribution < 1.29 is 13.5 Å². The van der Waals surface area contributed by atoms with Crippen molar-refractivity contribution in [1.82, 2.24) is 14.3 Å². The van der Waals surface area contributed by atoms with Gasteiger partial charge in [-0.1, -0.05) is 31.2 Å². The molecule has 9 heteroatoms. The molecule has 0 saturated carbocycles. The van der Waals surface area contributed by atoms with Gasteiger partial charge in [0.2, 0.25) is 0 Å². The summed E-state index contributed by atoms with van der Waals surface area (Å²) in [6, 6.07) is 2.64. The molecule has 3 aromatic rings. The molecule has 0 spiro atoms. The lowest BCUT2D eigenvalue weighted by molar-refractivity contribution is 0.0786. The van der Waals surface area contributed by atoms with Crippen LogP contribution in [-0.2, 0) is 18.0 Å². The number of halogens is 4. The molecule has 0 bridgehead atoms. The van der Waals surface area contributed by atoms with Crippen LogP contribution < -0.4 is 0 Å². The lowest BCUT2D eigenvalue weighted by atomic mass is 10.1. The largest absolute Gasteiger partial charge is 0.360 e. The van der Waals surface area contributed by atoms with E-state index in [0.717, 1.165) is 6.04 Å². The Labute approximate surface area is 177 Å². The number of fused-ring (bicyclic) bond motifs is 1. The molecule has 0 unspecified atom stereocenters. The van der Waals surface area contributed by atoms with E-state index < -0.39 is 19.7 Å². The standard InChI is InChI=1S/C19H23BrClF2N3OSi/c1-5-25-9-13(12-8-15(20)16(22)17(23)18(12)25)14-10-26(24-19(14)21)11-27-6-7-28(2,3)4/h8-10H,5-7,11H2,1-4H3. The lowest BCUT2D eigenvalue weighted by Crippen LogP contribution is -2.22. The summed E-state index contributed by atoms with van der Waals surface area (Å²) in [7, 11) is -1.16. The van der Waals surface area contributed by atoms with E-state index in [-0.39, 0.29) is 9.99 Å². The molecule has 0 aliphatic heterocycles. The van der Waals surface area contributed by atoms with Crippen LogP contribution in [0.5, 0.6) is 0 Å². The molecule has 0 aliphatic carbocycles. The van der Waals surface area contributed by atoms with Gasteiger partial charge in [-0.25, -0.2) is 13.5 Å². The third-order valence-corrected chi connectivity index (χ3v) is 7.13. The Balaban J connectivity index is 1.94. The number of hydrogen-bond donors (Lipinski definition) is 0. The van der Waals surface area contributed by atoms with E-state index in [1.54, 1.807) is 27.7 Å². The van der Waals surface area contributed by atoms with E-state index in [1.807, 2.05) is 6.92 Å². The van der Waals surface area contributed by atoms with Gasteiger partial charge in [-0.05, 0) is 35.0 Å². The monoisotopic (exact) mass is 489 g/mol. The van der Waals surface area contributed by atoms with Gasteiger partial charge in [-0.15, -0.1) is 0 Å². The van der Waals surface area contributed by atoms with Gasteiger partial charge in [0.1, 0.15) is 6.73 Å². The predicted octanol–water partition coefficient (Wildman–Crippen LogP) is 6.53. The Morgan fingerprint density at radius 3 is 2.54 bits per heavy atom. The second-order valence-corrected chi connectivity index (χ2v) is 14.8. The van der Waals surface area contributed by atoms with Crippen molar-refractivity contribution in [2.24, 2.45) is 0 Å². The summed E-state index contributed by atoms with van der Waals surface area (Å²) in [5, 5.41) is 5.18. The van der Waals surface area contributed by atoms with E-state index in [2.05, 4.69) is 40.7 Å². The van der Waals surface area contributed by atoms with Gasteiger partial charge >= 0.3 is 0 Å². The summed E-state index contributed by atoms with van der Waals surface area (Å²) in [6.07, 6.45) is 3.56. The first-order chi connectivity index (χ1) is 13.1. The highest BCUT2D eigenvalue weighted by Gasteiger charge is 2.22. The summed E-state index contributed by atoms with van der Waals surface area (Å²) in [5.74, 6) is -1.78. The quantitative estimate of drug-likeness (QED) is 0.214. The number of aryl methyl sites for hydroxylation is 1. The maximum Gasteiger partial charge on any atom is 0.184 e. The van der Waals surface area contributed by atoms with Gasteiger partial charge in [0, 0.05) is 50.1 Å². The second-order valence-electron chi connectivity index (χ2n) is 7.93. The molecular weight excluding hydrogens is 468 g/mol. The summed E-state index contributed by atoms with van der Waals surface area (Å²) >= 11 is 9.45. The number of nitrogens with zero attached hydrogens (tertiary/aromatic N) is 3. The van der Waals surface area contributed by atoms with Crippen LogP contribution >= 0.6 is 27.5 Å². The third-order valence-electron chi connectivity index (χ3n) is 4.57. The van der Waals surface area contributed by atoms with Crippen molar-refractivity contribution >= 4 is 46.5 Å². The van der Waals surface area contributed by atoms with Crippen LogP contribution in [0.15, 0.2) is 22.9 Å². The van der Waals surface area contributed by atoms with E-state index in [1.165, 1.54) is 0 Å². The van der Waals surface area contributed by atoms with Crippen molar-refractivity contribution in [3.8, 4) is 11.1 Å². The molecule has 3 rings (SSSR count). The molecule has 0 atom stereocenters. The van der Waals surface area contributed by atoms with Gasteiger partial charge in [0.25, 0.3) is 0 Å². The number of ether oxygens (including phenoxy) is 1. The van der Waals surface area contributed by atoms with Gasteiger partial charge in [-0.3, -0.25) is 0 Å². The minimum Gasteiger partial charge on any atom is -0.360 e. The molecule has 0 radical (unpaired) electrons. The van der Waals surface area contributed by atoms with Gasteiger partial charge in [0.05, 0.1) is 9.99 Å². The lowest BCUT2D eigenvalue weighted by Gasteiger charge is -2.15. The van der Waals surface area contributed by atoms with Crippen LogP contribution in [0, 0.1) is 11.6 Å². The van der Waals surface area contributed by atoms with Crippen molar-refractivity contribution in [2.75, 3.05) is 6.61 Å². The first-order valence-electron chi connectivity index (χ1n) is 9.09. The molecular formula is C19H23BrClF2N3OSi. The first kappa shape index (κ1) is 21.5. The average Bonchev–Trinajstić information content (AvgIpc) is 3.16. The Morgan fingerprint density at radius 1 is 1.18 bits per heavy atom. The van der Waals surface area contributed by atoms with Crippen molar-refractivity contribution in [1.29, 1.82) is 0 Å². The Morgan fingerprint density at radius 2 is 1.89 bits per heavy atom. The third kappa shape index (κ3) is 4.35. The molecule has 2 heterocycles. The molecule has 0 amide bonds. The molecule has 1 aromatic carbocycles. The number of hydrogen-bond acceptors (Lipinski definition) is 2. The summed E-state index contributed by atoms with van der Waals surface area (Å²) in [6.45, 7) is 10.2. The van der Waals surface area contributed by atoms with Gasteiger partial charge in [0.15, 0.2) is 16.8 Å². The predicted molar refractivity (Wildman–Crippen MR) is 116 cm³/mol. The van der Waals surface area contributed by atoms with E-state index in [4.69, 9.17) is 16.3 Å². The van der Waals surface area contributed by atoms with Crippen LogP contribution in [0.25, 0.3) is 22.0 Å². The highest BCUT2D eigenvalue weighted by Crippen LogP contribution is 2.38. The van der Waals surface area contributed by atoms with Crippen molar-refractivity contribution in [2.45, 2.75) is 45.9 Å². The van der Waals surface area contributed by atoms with E-state index >= 15 is 0 Å². The molecule has 4 nitrogen and oxygen atoms in total. The van der Waals surface area contributed by atoms with Crippen LogP contribution in [0.2, 0.25) is 30.8 Å². The second kappa shape index (κ2) is 8.26. The fraction of sp³-hybridized carbons (Fsp3) is 0.421. The van der Waals surface area contributed by atoms with Gasteiger partial charge < -0.3 is 9.30 Å². The fourth-order valence-corrected chi connectivity index (χ4v) is 4.41. The molecule has 2 aromatic heterocycles. The zero-order valence-electron chi connectivity index (χ0n) is 16.3. The number of rotatable bonds is 7. The van der Waals surface area contributed by atoms with E-state index in [9.17, 15) is 8.78 Å².